The maximum absolute atomic E-state index is 13.0. The first-order chi connectivity index (χ1) is 7.59. The Morgan fingerprint density at radius 1 is 1.17 bits per heavy atom. The molecule has 0 bridgehead atoms. The number of alkyl halides is 3. The molecule has 2 rings (SSSR count). The van der Waals surface area contributed by atoms with E-state index in [0.29, 0.717) is 26.2 Å². The van der Waals surface area contributed by atoms with Gasteiger partial charge in [0, 0.05) is 38.1 Å². The van der Waals surface area contributed by atoms with Gasteiger partial charge in [0.2, 0.25) is 0 Å². The van der Waals surface area contributed by atoms with E-state index in [1.807, 2.05) is 0 Å². The highest BCUT2D eigenvalue weighted by Crippen LogP contribution is 2.36. The van der Waals surface area contributed by atoms with Crippen LogP contribution in [0.3, 0.4) is 0 Å². The molecule has 1 atom stereocenters. The lowest BCUT2D eigenvalue weighted by atomic mass is 10.1. The summed E-state index contributed by atoms with van der Waals surface area (Å²) in [5, 5.41) is 3.05. The van der Waals surface area contributed by atoms with Crippen molar-refractivity contribution in [2.24, 2.45) is 0 Å². The number of nitrogens with one attached hydrogen (secondary N) is 2. The predicted molar refractivity (Wildman–Crippen MR) is 68.5 cm³/mol. The van der Waals surface area contributed by atoms with Gasteiger partial charge >= 0.3 is 6.18 Å². The molecule has 1 aliphatic rings. The normalized spacial score (nSPS) is 18.6. The lowest BCUT2D eigenvalue weighted by molar-refractivity contribution is -0.188. The molecule has 1 saturated heterocycles. The minimum Gasteiger partial charge on any atom is -0.363 e. The minimum atomic E-state index is -4.23. The molecule has 0 saturated carbocycles. The monoisotopic (exact) mass is 305 g/mol. The average Bonchev–Trinajstić information content (AvgIpc) is 2.71. The van der Waals surface area contributed by atoms with E-state index in [2.05, 4.69) is 10.3 Å². The first kappa shape index (κ1) is 17.6. The van der Waals surface area contributed by atoms with Crippen molar-refractivity contribution in [1.29, 1.82) is 0 Å². The number of halogens is 5. The third kappa shape index (κ3) is 4.05. The van der Waals surface area contributed by atoms with Crippen molar-refractivity contribution in [3.05, 3.63) is 24.0 Å². The van der Waals surface area contributed by atoms with Crippen LogP contribution in [0.25, 0.3) is 0 Å². The van der Waals surface area contributed by atoms with E-state index in [1.165, 1.54) is 17.2 Å². The van der Waals surface area contributed by atoms with Crippen LogP contribution in [0, 0.1) is 0 Å². The van der Waals surface area contributed by atoms with Crippen molar-refractivity contribution in [3.8, 4) is 0 Å². The number of nitrogens with zero attached hydrogens (tertiary/aromatic N) is 1. The minimum absolute atomic E-state index is 0. The highest BCUT2D eigenvalue weighted by molar-refractivity contribution is 5.85. The van der Waals surface area contributed by atoms with Crippen molar-refractivity contribution in [2.75, 3.05) is 26.2 Å². The van der Waals surface area contributed by atoms with Crippen LogP contribution >= 0.6 is 24.8 Å². The molecule has 0 unspecified atom stereocenters. The summed E-state index contributed by atoms with van der Waals surface area (Å²) in [6.07, 6.45) is -2.71. The van der Waals surface area contributed by atoms with Gasteiger partial charge in [0.05, 0.1) is 0 Å². The molecule has 0 aromatic carbocycles. The second kappa shape index (κ2) is 7.23. The zero-order chi connectivity index (χ0) is 11.6. The summed E-state index contributed by atoms with van der Waals surface area (Å²) in [5.41, 5.74) is 0.217. The quantitative estimate of drug-likeness (QED) is 0.879. The molecule has 0 radical (unpaired) electrons. The molecule has 1 aromatic heterocycles. The Labute approximate surface area is 116 Å². The summed E-state index contributed by atoms with van der Waals surface area (Å²) in [6.45, 7) is 2.05. The van der Waals surface area contributed by atoms with Crippen LogP contribution in [0.5, 0.6) is 0 Å². The van der Waals surface area contributed by atoms with Gasteiger partial charge in [-0.2, -0.15) is 13.2 Å². The highest BCUT2D eigenvalue weighted by atomic mass is 35.5. The van der Waals surface area contributed by atoms with Gasteiger partial charge in [-0.3, -0.25) is 4.90 Å². The zero-order valence-corrected chi connectivity index (χ0v) is 11.2. The van der Waals surface area contributed by atoms with E-state index in [9.17, 15) is 13.2 Å². The van der Waals surface area contributed by atoms with Gasteiger partial charge in [-0.1, -0.05) is 0 Å². The Hall–Kier alpha value is -0.430. The smallest absolute Gasteiger partial charge is 0.363 e. The summed E-state index contributed by atoms with van der Waals surface area (Å²) in [5.74, 6) is 0. The number of aromatic nitrogens is 1. The molecule has 18 heavy (non-hydrogen) atoms. The molecule has 1 aromatic rings. The molecule has 0 amide bonds. The fourth-order valence-electron chi connectivity index (χ4n) is 2.03. The molecule has 0 spiro atoms. The second-order valence-corrected chi connectivity index (χ2v) is 3.86. The van der Waals surface area contributed by atoms with Gasteiger partial charge in [0.15, 0.2) is 0 Å². The zero-order valence-electron chi connectivity index (χ0n) is 9.54. The number of H-pyrrole nitrogens is 1. The van der Waals surface area contributed by atoms with Crippen molar-refractivity contribution >= 4 is 24.8 Å². The highest BCUT2D eigenvalue weighted by Gasteiger charge is 2.45. The van der Waals surface area contributed by atoms with Crippen molar-refractivity contribution in [3.63, 3.8) is 0 Å². The fraction of sp³-hybridized carbons (Fsp3) is 0.600. The summed E-state index contributed by atoms with van der Waals surface area (Å²) >= 11 is 0. The molecule has 2 heterocycles. The van der Waals surface area contributed by atoms with Crippen LogP contribution in [-0.4, -0.2) is 42.2 Å². The summed E-state index contributed by atoms with van der Waals surface area (Å²) in [6, 6.07) is 1.57. The maximum atomic E-state index is 13.0. The van der Waals surface area contributed by atoms with E-state index < -0.39 is 12.2 Å². The molecule has 8 heteroatoms. The van der Waals surface area contributed by atoms with Crippen LogP contribution in [0.1, 0.15) is 11.7 Å². The van der Waals surface area contributed by atoms with Crippen molar-refractivity contribution < 1.29 is 13.2 Å². The molecular weight excluding hydrogens is 290 g/mol. The van der Waals surface area contributed by atoms with Gasteiger partial charge in [-0.15, -0.1) is 24.8 Å². The molecule has 106 valence electrons. The Kier molecular flexibility index (Phi) is 7.06. The second-order valence-electron chi connectivity index (χ2n) is 3.86. The summed E-state index contributed by atoms with van der Waals surface area (Å²) in [7, 11) is 0. The third-order valence-electron chi connectivity index (χ3n) is 2.74. The Balaban J connectivity index is 0.00000144. The first-order valence-electron chi connectivity index (χ1n) is 5.24. The Morgan fingerprint density at radius 2 is 1.78 bits per heavy atom. The van der Waals surface area contributed by atoms with Crippen LogP contribution < -0.4 is 5.32 Å². The number of hydrogen-bond donors (Lipinski definition) is 2. The number of hydrogen-bond acceptors (Lipinski definition) is 2. The van der Waals surface area contributed by atoms with Gasteiger partial charge in [0.25, 0.3) is 0 Å². The molecule has 1 fully saturated rings. The van der Waals surface area contributed by atoms with Crippen LogP contribution in [0.4, 0.5) is 13.2 Å². The van der Waals surface area contributed by atoms with E-state index in [0.717, 1.165) is 0 Å². The van der Waals surface area contributed by atoms with Crippen LogP contribution in [0.2, 0.25) is 0 Å². The fourth-order valence-corrected chi connectivity index (χ4v) is 2.03. The van der Waals surface area contributed by atoms with Crippen molar-refractivity contribution in [1.82, 2.24) is 15.2 Å². The lowest BCUT2D eigenvalue weighted by Gasteiger charge is -2.35. The van der Waals surface area contributed by atoms with Gasteiger partial charge < -0.3 is 10.3 Å². The first-order valence-corrected chi connectivity index (χ1v) is 5.24. The summed E-state index contributed by atoms with van der Waals surface area (Å²) in [4.78, 5) is 4.12. The van der Waals surface area contributed by atoms with Gasteiger partial charge in [0.1, 0.15) is 6.04 Å². The predicted octanol–water partition coefficient (Wildman–Crippen LogP) is 2.37. The Morgan fingerprint density at radius 3 is 2.22 bits per heavy atom. The van der Waals surface area contributed by atoms with Crippen LogP contribution in [0.15, 0.2) is 18.3 Å². The lowest BCUT2D eigenvalue weighted by Crippen LogP contribution is -2.49. The number of piperazine rings is 1. The molecular formula is C10H16Cl2F3N3. The number of rotatable bonds is 2. The molecule has 2 N–H and O–H groups in total. The molecule has 1 aliphatic heterocycles. The van der Waals surface area contributed by atoms with E-state index >= 15 is 0 Å². The van der Waals surface area contributed by atoms with Gasteiger partial charge in [-0.05, 0) is 12.1 Å². The SMILES string of the molecule is Cl.Cl.FC(F)(F)[C@@H](c1ccc[nH]1)N1CCNCC1. The van der Waals surface area contributed by atoms with E-state index in [4.69, 9.17) is 0 Å². The molecule has 3 nitrogen and oxygen atoms in total. The van der Waals surface area contributed by atoms with Crippen LogP contribution in [-0.2, 0) is 0 Å². The standard InChI is InChI=1S/C10H14F3N3.2ClH/c11-10(12,13)9(8-2-1-3-15-8)16-6-4-14-5-7-16;;/h1-3,9,14-15H,4-7H2;2*1H/t9-;;/m1../s1. The van der Waals surface area contributed by atoms with E-state index in [-0.39, 0.29) is 30.5 Å². The summed E-state index contributed by atoms with van der Waals surface area (Å²) < 4.78 is 39.0. The molecule has 0 aliphatic carbocycles. The number of aromatic amines is 1. The topological polar surface area (TPSA) is 31.1 Å². The van der Waals surface area contributed by atoms with E-state index in [1.54, 1.807) is 6.07 Å². The third-order valence-corrected chi connectivity index (χ3v) is 2.74. The average molecular weight is 306 g/mol. The maximum Gasteiger partial charge on any atom is 0.409 e. The largest absolute Gasteiger partial charge is 0.409 e. The Bertz CT molecular complexity index is 324. The van der Waals surface area contributed by atoms with Crippen molar-refractivity contribution in [2.45, 2.75) is 12.2 Å². The van der Waals surface area contributed by atoms with Gasteiger partial charge in [-0.25, -0.2) is 0 Å².